The van der Waals surface area contributed by atoms with E-state index in [1.165, 1.54) is 12.8 Å². The van der Waals surface area contributed by atoms with E-state index in [4.69, 9.17) is 0 Å². The number of amides is 1. The molecule has 2 aliphatic carbocycles. The summed E-state index contributed by atoms with van der Waals surface area (Å²) >= 11 is 0. The molecule has 1 amide bonds. The minimum atomic E-state index is -0.484. The largest absolute Gasteiger partial charge is 0.351 e. The van der Waals surface area contributed by atoms with Crippen molar-refractivity contribution in [3.05, 3.63) is 0 Å². The van der Waals surface area contributed by atoms with Crippen molar-refractivity contribution in [2.75, 3.05) is 7.05 Å². The van der Waals surface area contributed by atoms with E-state index in [1.807, 2.05) is 20.9 Å². The van der Waals surface area contributed by atoms with E-state index in [9.17, 15) is 4.79 Å². The fourth-order valence-electron chi connectivity index (χ4n) is 3.87. The number of carbonyl (C=O) groups is 1. The quantitative estimate of drug-likeness (QED) is 0.809. The van der Waals surface area contributed by atoms with Gasteiger partial charge in [0.2, 0.25) is 5.91 Å². The van der Waals surface area contributed by atoms with Gasteiger partial charge in [0.1, 0.15) is 0 Å². The van der Waals surface area contributed by atoms with E-state index in [2.05, 4.69) is 31.4 Å². The lowest BCUT2D eigenvalue weighted by Crippen LogP contribution is -2.56. The van der Waals surface area contributed by atoms with Crippen molar-refractivity contribution in [3.8, 4) is 0 Å². The molecule has 2 fully saturated rings. The molecule has 0 aliphatic heterocycles. The first-order chi connectivity index (χ1) is 8.15. The van der Waals surface area contributed by atoms with Crippen LogP contribution in [0.1, 0.15) is 53.9 Å². The van der Waals surface area contributed by atoms with Gasteiger partial charge >= 0.3 is 0 Å². The zero-order chi connectivity index (χ0) is 13.8. The third-order valence-electron chi connectivity index (χ3n) is 6.29. The van der Waals surface area contributed by atoms with Crippen LogP contribution < -0.4 is 10.6 Å². The van der Waals surface area contributed by atoms with Crippen molar-refractivity contribution >= 4 is 5.91 Å². The lowest BCUT2D eigenvalue weighted by molar-refractivity contribution is -0.128. The molecule has 2 N–H and O–H groups in total. The number of hydrogen-bond acceptors (Lipinski definition) is 2. The van der Waals surface area contributed by atoms with Gasteiger partial charge in [-0.25, -0.2) is 0 Å². The molecule has 3 atom stereocenters. The summed E-state index contributed by atoms with van der Waals surface area (Å²) in [5, 5.41) is 6.38. The predicted molar refractivity (Wildman–Crippen MR) is 74.3 cm³/mol. The van der Waals surface area contributed by atoms with Crippen LogP contribution in [0.2, 0.25) is 0 Å². The molecule has 2 bridgehead atoms. The van der Waals surface area contributed by atoms with Crippen LogP contribution in [0.3, 0.4) is 0 Å². The Morgan fingerprint density at radius 3 is 2.28 bits per heavy atom. The highest BCUT2D eigenvalue weighted by Gasteiger charge is 2.61. The lowest BCUT2D eigenvalue weighted by Gasteiger charge is -2.40. The Hall–Kier alpha value is -0.570. The van der Waals surface area contributed by atoms with Crippen LogP contribution in [-0.4, -0.2) is 24.5 Å². The maximum atomic E-state index is 12.3. The Bertz CT molecular complexity index is 362. The van der Waals surface area contributed by atoms with E-state index < -0.39 is 5.54 Å². The molecule has 0 aromatic carbocycles. The van der Waals surface area contributed by atoms with Crippen LogP contribution in [0.25, 0.3) is 0 Å². The van der Waals surface area contributed by atoms with Gasteiger partial charge in [0.25, 0.3) is 0 Å². The van der Waals surface area contributed by atoms with E-state index in [1.54, 1.807) is 0 Å². The molecule has 0 radical (unpaired) electrons. The number of carbonyl (C=O) groups excluding carboxylic acids is 1. The first-order valence-corrected chi connectivity index (χ1v) is 7.15. The fraction of sp³-hybridized carbons (Fsp3) is 0.933. The summed E-state index contributed by atoms with van der Waals surface area (Å²) in [5.41, 5.74) is 0.133. The number of rotatable bonds is 3. The Kier molecular flexibility index (Phi) is 3.05. The second kappa shape index (κ2) is 3.96. The fourth-order valence-corrected chi connectivity index (χ4v) is 3.87. The van der Waals surface area contributed by atoms with Gasteiger partial charge in [-0.15, -0.1) is 0 Å². The predicted octanol–water partition coefficient (Wildman–Crippen LogP) is 2.32. The van der Waals surface area contributed by atoms with E-state index >= 15 is 0 Å². The van der Waals surface area contributed by atoms with Crippen molar-refractivity contribution in [2.24, 2.45) is 16.7 Å². The first kappa shape index (κ1) is 13.9. The second-order valence-electron chi connectivity index (χ2n) is 7.51. The van der Waals surface area contributed by atoms with Gasteiger partial charge in [0, 0.05) is 6.04 Å². The van der Waals surface area contributed by atoms with Crippen molar-refractivity contribution in [1.82, 2.24) is 10.6 Å². The third kappa shape index (κ3) is 1.70. The molecule has 0 aromatic rings. The summed E-state index contributed by atoms with van der Waals surface area (Å²) in [5.74, 6) is 0.894. The molecule has 3 nitrogen and oxygen atoms in total. The Labute approximate surface area is 111 Å². The maximum absolute atomic E-state index is 12.3. The molecule has 18 heavy (non-hydrogen) atoms. The molecule has 2 saturated carbocycles. The Morgan fingerprint density at radius 1 is 1.28 bits per heavy atom. The van der Waals surface area contributed by atoms with Gasteiger partial charge in [-0.2, -0.15) is 0 Å². The molecule has 2 rings (SSSR count). The monoisotopic (exact) mass is 252 g/mol. The van der Waals surface area contributed by atoms with Crippen molar-refractivity contribution in [1.29, 1.82) is 0 Å². The highest BCUT2D eigenvalue weighted by Crippen LogP contribution is 2.65. The zero-order valence-corrected chi connectivity index (χ0v) is 12.7. The zero-order valence-electron chi connectivity index (χ0n) is 12.7. The van der Waals surface area contributed by atoms with Crippen molar-refractivity contribution < 1.29 is 4.79 Å². The molecular formula is C15H28N2O. The van der Waals surface area contributed by atoms with Gasteiger partial charge in [-0.3, -0.25) is 4.79 Å². The van der Waals surface area contributed by atoms with Crippen molar-refractivity contribution in [2.45, 2.75) is 65.5 Å². The van der Waals surface area contributed by atoms with Crippen LogP contribution in [0.4, 0.5) is 0 Å². The normalized spacial score (nSPS) is 37.9. The van der Waals surface area contributed by atoms with E-state index in [0.717, 1.165) is 12.3 Å². The number of nitrogens with one attached hydrogen (secondary N) is 2. The molecular weight excluding hydrogens is 224 g/mol. The molecule has 2 aliphatic rings. The smallest absolute Gasteiger partial charge is 0.239 e. The third-order valence-corrected chi connectivity index (χ3v) is 6.29. The summed E-state index contributed by atoms with van der Waals surface area (Å²) < 4.78 is 0. The van der Waals surface area contributed by atoms with Crippen LogP contribution in [-0.2, 0) is 4.79 Å². The molecule has 0 saturated heterocycles. The van der Waals surface area contributed by atoms with Gasteiger partial charge < -0.3 is 10.6 Å². The standard InChI is InChI=1S/C15H28N2O/c1-13(2)10-7-8-15(13,5)11(9-10)17-12(18)14(3,4)16-6/h10-11,16H,7-9H2,1-6H3,(H,17,18). The summed E-state index contributed by atoms with van der Waals surface area (Å²) in [7, 11) is 1.84. The van der Waals surface area contributed by atoms with Gasteiger partial charge in [-0.05, 0) is 56.9 Å². The summed E-state index contributed by atoms with van der Waals surface area (Å²) in [6, 6.07) is 0.339. The first-order valence-electron chi connectivity index (χ1n) is 7.15. The minimum Gasteiger partial charge on any atom is -0.351 e. The molecule has 0 spiro atoms. The molecule has 3 heteroatoms. The molecule has 0 aromatic heterocycles. The SMILES string of the molecule is CNC(C)(C)C(=O)NC1CC2CCC1(C)C2(C)C. The highest BCUT2D eigenvalue weighted by atomic mass is 16.2. The number of fused-ring (bicyclic) bond motifs is 2. The Morgan fingerprint density at radius 2 is 1.89 bits per heavy atom. The van der Waals surface area contributed by atoms with Crippen molar-refractivity contribution in [3.63, 3.8) is 0 Å². The summed E-state index contributed by atoms with van der Waals surface area (Å²) in [6.07, 6.45) is 3.72. The summed E-state index contributed by atoms with van der Waals surface area (Å²) in [6.45, 7) is 11.0. The van der Waals surface area contributed by atoms with E-state index in [-0.39, 0.29) is 11.3 Å². The average Bonchev–Trinajstić information content (AvgIpc) is 2.62. The average molecular weight is 252 g/mol. The van der Waals surface area contributed by atoms with Crippen LogP contribution in [0.15, 0.2) is 0 Å². The van der Waals surface area contributed by atoms with Gasteiger partial charge in [0.05, 0.1) is 5.54 Å². The minimum absolute atomic E-state index is 0.125. The van der Waals surface area contributed by atoms with E-state index in [0.29, 0.717) is 11.5 Å². The van der Waals surface area contributed by atoms with Crippen LogP contribution >= 0.6 is 0 Å². The highest BCUT2D eigenvalue weighted by molar-refractivity contribution is 5.85. The van der Waals surface area contributed by atoms with Gasteiger partial charge in [0.15, 0.2) is 0 Å². The topological polar surface area (TPSA) is 41.1 Å². The second-order valence-corrected chi connectivity index (χ2v) is 7.51. The summed E-state index contributed by atoms with van der Waals surface area (Å²) in [4.78, 5) is 12.3. The maximum Gasteiger partial charge on any atom is 0.239 e. The van der Waals surface area contributed by atoms with Crippen LogP contribution in [0, 0.1) is 16.7 Å². The molecule has 0 heterocycles. The Balaban J connectivity index is 2.12. The lowest BCUT2D eigenvalue weighted by atomic mass is 9.69. The number of likely N-dealkylation sites (N-methyl/N-ethyl adjacent to an activating group) is 1. The molecule has 3 unspecified atom stereocenters. The molecule has 104 valence electrons. The van der Waals surface area contributed by atoms with Crippen LogP contribution in [0.5, 0.6) is 0 Å². The number of hydrogen-bond donors (Lipinski definition) is 2. The van der Waals surface area contributed by atoms with Gasteiger partial charge in [-0.1, -0.05) is 20.8 Å².